The molecule has 0 spiro atoms. The molecule has 0 aliphatic heterocycles. The SMILES string of the molecule is CC(=O)C(C)(C)O.CCSNC(C(C)Cc1cccc(-c2ccccc2F)c1F)C(F)CC. The molecule has 2 aromatic rings. The van der Waals surface area contributed by atoms with E-state index in [1.165, 1.54) is 38.8 Å². The number of nitrogens with one attached hydrogen (secondary N) is 1. The van der Waals surface area contributed by atoms with Crippen LogP contribution in [0, 0.1) is 17.6 Å². The molecule has 184 valence electrons. The summed E-state index contributed by atoms with van der Waals surface area (Å²) in [6, 6.07) is 10.8. The highest BCUT2D eigenvalue weighted by molar-refractivity contribution is 7.97. The van der Waals surface area contributed by atoms with Crippen molar-refractivity contribution < 1.29 is 23.1 Å². The Kier molecular flexibility index (Phi) is 12.2. The van der Waals surface area contributed by atoms with E-state index in [0.29, 0.717) is 18.4 Å². The van der Waals surface area contributed by atoms with Crippen LogP contribution in [0.5, 0.6) is 0 Å². The molecule has 0 aliphatic rings. The molecule has 3 nitrogen and oxygen atoms in total. The molecule has 0 heterocycles. The van der Waals surface area contributed by atoms with Gasteiger partial charge in [0.25, 0.3) is 0 Å². The number of ketones is 1. The van der Waals surface area contributed by atoms with Crippen LogP contribution in [0.1, 0.15) is 53.5 Å². The monoisotopic (exact) mass is 483 g/mol. The quantitative estimate of drug-likeness (QED) is 0.377. The average Bonchev–Trinajstić information content (AvgIpc) is 2.75. The predicted octanol–water partition coefficient (Wildman–Crippen LogP) is 6.53. The standard InChI is InChI=1S/C21H26F3NS.C5H10O2/c1-4-18(22)21(25-26-5-2)14(3)13-15-9-8-11-17(20(15)24)16-10-6-7-12-19(16)23;1-4(6)5(2,3)7/h6-12,14,18,21,25H,4-5,13H2,1-3H3;7H,1-3H3. The molecule has 0 saturated carbocycles. The minimum atomic E-state index is -1.14. The first-order valence-electron chi connectivity index (χ1n) is 11.2. The van der Waals surface area contributed by atoms with Crippen LogP contribution in [0.2, 0.25) is 0 Å². The summed E-state index contributed by atoms with van der Waals surface area (Å²) in [6.07, 6.45) is -0.206. The van der Waals surface area contributed by atoms with Crippen LogP contribution >= 0.6 is 11.9 Å². The number of alkyl halides is 1. The first kappa shape index (κ1) is 29.2. The van der Waals surface area contributed by atoms with E-state index in [1.807, 2.05) is 20.8 Å². The van der Waals surface area contributed by atoms with Crippen molar-refractivity contribution in [3.05, 3.63) is 59.7 Å². The lowest BCUT2D eigenvalue weighted by molar-refractivity contribution is -0.131. The Bertz CT molecular complexity index is 886. The zero-order valence-electron chi connectivity index (χ0n) is 20.3. The Morgan fingerprint density at radius 3 is 2.18 bits per heavy atom. The van der Waals surface area contributed by atoms with Gasteiger partial charge in [0.05, 0.1) is 6.04 Å². The van der Waals surface area contributed by atoms with Gasteiger partial charge in [0, 0.05) is 16.9 Å². The van der Waals surface area contributed by atoms with Crippen LogP contribution in [0.25, 0.3) is 11.1 Å². The summed E-state index contributed by atoms with van der Waals surface area (Å²) in [4.78, 5) is 10.2. The van der Waals surface area contributed by atoms with Crippen LogP contribution in [0.3, 0.4) is 0 Å². The topological polar surface area (TPSA) is 49.3 Å². The number of hydrogen-bond donors (Lipinski definition) is 2. The lowest BCUT2D eigenvalue weighted by atomic mass is 9.89. The summed E-state index contributed by atoms with van der Waals surface area (Å²) in [5.74, 6) is -0.359. The summed E-state index contributed by atoms with van der Waals surface area (Å²) >= 11 is 1.47. The normalized spacial score (nSPS) is 14.1. The fourth-order valence-corrected chi connectivity index (χ4v) is 3.82. The van der Waals surface area contributed by atoms with Crippen LogP contribution in [-0.4, -0.2) is 34.5 Å². The van der Waals surface area contributed by atoms with E-state index in [4.69, 9.17) is 5.11 Å². The summed E-state index contributed by atoms with van der Waals surface area (Å²) < 4.78 is 46.6. The van der Waals surface area contributed by atoms with Gasteiger partial charge < -0.3 is 5.11 Å². The zero-order chi connectivity index (χ0) is 25.2. The third-order valence-corrected chi connectivity index (χ3v) is 6.13. The number of hydrogen-bond acceptors (Lipinski definition) is 4. The Morgan fingerprint density at radius 2 is 1.67 bits per heavy atom. The van der Waals surface area contributed by atoms with Gasteiger partial charge in [-0.05, 0) is 51.2 Å². The predicted molar refractivity (Wildman–Crippen MR) is 132 cm³/mol. The molecule has 0 amide bonds. The molecular formula is C26H36F3NO2S. The number of benzene rings is 2. The molecule has 0 bridgehead atoms. The van der Waals surface area contributed by atoms with E-state index in [0.717, 1.165) is 5.75 Å². The molecule has 33 heavy (non-hydrogen) atoms. The summed E-state index contributed by atoms with van der Waals surface area (Å²) in [7, 11) is 0. The van der Waals surface area contributed by atoms with Gasteiger partial charge in [-0.25, -0.2) is 13.2 Å². The van der Waals surface area contributed by atoms with Crippen molar-refractivity contribution in [1.29, 1.82) is 0 Å². The van der Waals surface area contributed by atoms with Gasteiger partial charge in [0.15, 0.2) is 5.78 Å². The zero-order valence-corrected chi connectivity index (χ0v) is 21.1. The smallest absolute Gasteiger partial charge is 0.160 e. The van der Waals surface area contributed by atoms with Crippen molar-refractivity contribution in [2.45, 2.75) is 72.2 Å². The number of carbonyl (C=O) groups excluding carboxylic acids is 1. The van der Waals surface area contributed by atoms with Gasteiger partial charge in [-0.2, -0.15) is 0 Å². The molecule has 3 atom stereocenters. The van der Waals surface area contributed by atoms with Crippen molar-refractivity contribution >= 4 is 17.7 Å². The van der Waals surface area contributed by atoms with Crippen molar-refractivity contribution in [1.82, 2.24) is 4.72 Å². The largest absolute Gasteiger partial charge is 0.383 e. The Labute approximate surface area is 200 Å². The van der Waals surface area contributed by atoms with Gasteiger partial charge >= 0.3 is 0 Å². The minimum absolute atomic E-state index is 0.102. The Morgan fingerprint density at radius 1 is 1.09 bits per heavy atom. The van der Waals surface area contributed by atoms with Crippen molar-refractivity contribution in [3.63, 3.8) is 0 Å². The number of rotatable bonds is 10. The second kappa shape index (κ2) is 13.8. The van der Waals surface area contributed by atoms with E-state index in [1.54, 1.807) is 36.4 Å². The van der Waals surface area contributed by atoms with Crippen LogP contribution < -0.4 is 4.72 Å². The van der Waals surface area contributed by atoms with E-state index in [-0.39, 0.29) is 28.9 Å². The molecule has 0 radical (unpaired) electrons. The van der Waals surface area contributed by atoms with Gasteiger partial charge in [0.2, 0.25) is 0 Å². The summed E-state index contributed by atoms with van der Waals surface area (Å²) in [5, 5.41) is 8.75. The third-order valence-electron chi connectivity index (χ3n) is 5.40. The highest BCUT2D eigenvalue weighted by Crippen LogP contribution is 2.29. The second-order valence-electron chi connectivity index (χ2n) is 8.56. The van der Waals surface area contributed by atoms with Crippen LogP contribution in [0.15, 0.2) is 42.5 Å². The van der Waals surface area contributed by atoms with Crippen LogP contribution in [0.4, 0.5) is 13.2 Å². The summed E-state index contributed by atoms with van der Waals surface area (Å²) in [5.41, 5.74) is -0.171. The van der Waals surface area contributed by atoms with E-state index in [2.05, 4.69) is 4.72 Å². The van der Waals surface area contributed by atoms with E-state index < -0.39 is 23.4 Å². The molecule has 3 unspecified atom stereocenters. The first-order valence-corrected chi connectivity index (χ1v) is 12.2. The lowest BCUT2D eigenvalue weighted by Gasteiger charge is -2.27. The molecule has 7 heteroatoms. The molecule has 0 saturated heterocycles. The molecular weight excluding hydrogens is 447 g/mol. The first-order chi connectivity index (χ1) is 15.4. The van der Waals surface area contributed by atoms with Gasteiger partial charge in [0.1, 0.15) is 23.4 Å². The molecule has 0 aliphatic carbocycles. The molecule has 2 aromatic carbocycles. The summed E-state index contributed by atoms with van der Waals surface area (Å²) in [6.45, 7) is 10.0. The maximum atomic E-state index is 15.0. The second-order valence-corrected chi connectivity index (χ2v) is 9.66. The van der Waals surface area contributed by atoms with Gasteiger partial charge in [-0.3, -0.25) is 9.52 Å². The third kappa shape index (κ3) is 9.14. The Hall–Kier alpha value is -1.83. The number of halogens is 3. The van der Waals surface area contributed by atoms with Crippen molar-refractivity contribution in [2.75, 3.05) is 5.75 Å². The van der Waals surface area contributed by atoms with Crippen molar-refractivity contribution in [3.8, 4) is 11.1 Å². The van der Waals surface area contributed by atoms with E-state index >= 15 is 4.39 Å². The molecule has 2 rings (SSSR count). The maximum Gasteiger partial charge on any atom is 0.160 e. The number of aliphatic hydroxyl groups is 1. The lowest BCUT2D eigenvalue weighted by Crippen LogP contribution is -2.40. The minimum Gasteiger partial charge on any atom is -0.383 e. The van der Waals surface area contributed by atoms with Gasteiger partial charge in [-0.15, -0.1) is 0 Å². The van der Waals surface area contributed by atoms with E-state index in [9.17, 15) is 13.6 Å². The van der Waals surface area contributed by atoms with Crippen LogP contribution in [-0.2, 0) is 11.2 Å². The van der Waals surface area contributed by atoms with Gasteiger partial charge in [-0.1, -0.05) is 69.1 Å². The maximum absolute atomic E-state index is 15.0. The Balaban J connectivity index is 0.000000675. The fourth-order valence-electron chi connectivity index (χ4n) is 3.08. The molecule has 0 aromatic heterocycles. The molecule has 0 fully saturated rings. The molecule has 2 N–H and O–H groups in total. The fraction of sp³-hybridized carbons (Fsp3) is 0.500. The number of Topliss-reactive ketones (excluding diaryl/α,β-unsaturated/α-hetero) is 1. The highest BCUT2D eigenvalue weighted by atomic mass is 32.2. The van der Waals surface area contributed by atoms with Crippen molar-refractivity contribution in [2.24, 2.45) is 5.92 Å². The number of carbonyl (C=O) groups is 1. The average molecular weight is 484 g/mol. The highest BCUT2D eigenvalue weighted by Gasteiger charge is 2.27.